The highest BCUT2D eigenvalue weighted by Gasteiger charge is 2.14. The number of carbonyl (C=O) groups is 2. The van der Waals surface area contributed by atoms with Gasteiger partial charge in [-0.1, -0.05) is 0 Å². The van der Waals surface area contributed by atoms with Crippen LogP contribution in [0.4, 0.5) is 5.69 Å². The van der Waals surface area contributed by atoms with E-state index in [1.807, 2.05) is 0 Å². The van der Waals surface area contributed by atoms with Crippen molar-refractivity contribution < 1.29 is 19.2 Å². The van der Waals surface area contributed by atoms with Crippen molar-refractivity contribution in [1.29, 1.82) is 0 Å². The summed E-state index contributed by atoms with van der Waals surface area (Å²) in [5.74, 6) is -0.737. The zero-order valence-corrected chi connectivity index (χ0v) is 8.85. The topological polar surface area (TPSA) is 86.5 Å². The molecular weight excluding hydrogens is 238 g/mol. The highest BCUT2D eigenvalue weighted by atomic mass is 35.5. The minimum absolute atomic E-state index is 0.0919. The van der Waals surface area contributed by atoms with Gasteiger partial charge in [0.05, 0.1) is 11.0 Å². The van der Waals surface area contributed by atoms with Crippen LogP contribution in [0.5, 0.6) is 5.75 Å². The molecule has 0 saturated carbocycles. The fraction of sp³-hybridized carbons (Fsp3) is 0.111. The molecule has 16 heavy (non-hydrogen) atoms. The first-order valence-corrected chi connectivity index (χ1v) is 4.45. The average Bonchev–Trinajstić information content (AvgIpc) is 2.15. The van der Waals surface area contributed by atoms with E-state index in [1.54, 1.807) is 0 Å². The summed E-state index contributed by atoms with van der Waals surface area (Å²) in [6.07, 6.45) is 0. The first-order valence-electron chi connectivity index (χ1n) is 4.08. The Labute approximate surface area is 94.9 Å². The number of benzene rings is 1. The second-order valence-corrected chi connectivity index (χ2v) is 3.18. The number of non-ortho nitro benzene ring substituents is 1. The number of ether oxygens (including phenoxy) is 1. The van der Waals surface area contributed by atoms with Crippen LogP contribution in [0.25, 0.3) is 0 Å². The van der Waals surface area contributed by atoms with E-state index in [-0.39, 0.29) is 17.0 Å². The normalized spacial score (nSPS) is 9.62. The van der Waals surface area contributed by atoms with Crippen LogP contribution in [0.15, 0.2) is 18.2 Å². The second kappa shape index (κ2) is 4.71. The Bertz CT molecular complexity index is 439. The molecule has 0 aromatic heterocycles. The van der Waals surface area contributed by atoms with Gasteiger partial charge in [0, 0.05) is 18.6 Å². The summed E-state index contributed by atoms with van der Waals surface area (Å²) in [5.41, 5.74) is -0.477. The number of hydrogen-bond donors (Lipinski definition) is 0. The van der Waals surface area contributed by atoms with Gasteiger partial charge < -0.3 is 4.74 Å². The van der Waals surface area contributed by atoms with Crippen LogP contribution in [-0.2, 0) is 4.79 Å². The molecule has 1 rings (SSSR count). The van der Waals surface area contributed by atoms with Crippen molar-refractivity contribution >= 4 is 28.5 Å². The van der Waals surface area contributed by atoms with Crippen LogP contribution in [-0.4, -0.2) is 16.1 Å². The number of nitro groups is 1. The standard InChI is InChI=1S/C9H6ClNO5/c1-5(12)16-8-3-6(9(10)13)2-7(4-8)11(14)15/h2-4H,1H3. The van der Waals surface area contributed by atoms with E-state index in [0.717, 1.165) is 25.1 Å². The van der Waals surface area contributed by atoms with E-state index in [2.05, 4.69) is 4.74 Å². The second-order valence-electron chi connectivity index (χ2n) is 2.84. The van der Waals surface area contributed by atoms with E-state index in [0.29, 0.717) is 0 Å². The molecule has 6 nitrogen and oxygen atoms in total. The van der Waals surface area contributed by atoms with Crippen LogP contribution in [0, 0.1) is 10.1 Å². The average molecular weight is 244 g/mol. The van der Waals surface area contributed by atoms with Crippen LogP contribution >= 0.6 is 11.6 Å². The Kier molecular flexibility index (Phi) is 3.57. The molecule has 7 heteroatoms. The maximum absolute atomic E-state index is 10.9. The summed E-state index contributed by atoms with van der Waals surface area (Å²) in [4.78, 5) is 31.3. The van der Waals surface area contributed by atoms with Crippen molar-refractivity contribution in [3.63, 3.8) is 0 Å². The molecule has 0 saturated heterocycles. The lowest BCUT2D eigenvalue weighted by Gasteiger charge is -2.02. The zero-order valence-electron chi connectivity index (χ0n) is 8.10. The smallest absolute Gasteiger partial charge is 0.308 e. The lowest BCUT2D eigenvalue weighted by Crippen LogP contribution is -2.03. The number of nitro benzene ring substituents is 1. The molecule has 0 radical (unpaired) electrons. The van der Waals surface area contributed by atoms with Crippen LogP contribution in [0.3, 0.4) is 0 Å². The molecule has 1 aromatic rings. The molecule has 0 heterocycles. The Morgan fingerprint density at radius 2 is 2.00 bits per heavy atom. The Morgan fingerprint density at radius 1 is 1.38 bits per heavy atom. The molecule has 0 amide bonds. The fourth-order valence-corrected chi connectivity index (χ4v) is 1.14. The lowest BCUT2D eigenvalue weighted by atomic mass is 10.2. The predicted molar refractivity (Wildman–Crippen MR) is 54.6 cm³/mol. The fourth-order valence-electron chi connectivity index (χ4n) is 1.03. The third-order valence-corrected chi connectivity index (χ3v) is 1.81. The number of rotatable bonds is 3. The number of hydrogen-bond acceptors (Lipinski definition) is 5. The highest BCUT2D eigenvalue weighted by molar-refractivity contribution is 6.67. The van der Waals surface area contributed by atoms with Gasteiger partial charge in [-0.3, -0.25) is 19.7 Å². The number of esters is 1. The Morgan fingerprint density at radius 3 is 2.44 bits per heavy atom. The van der Waals surface area contributed by atoms with E-state index in [9.17, 15) is 19.7 Å². The molecule has 0 unspecified atom stereocenters. The van der Waals surface area contributed by atoms with Gasteiger partial charge in [0.25, 0.3) is 10.9 Å². The maximum Gasteiger partial charge on any atom is 0.308 e. The number of nitrogens with zero attached hydrogens (tertiary/aromatic N) is 1. The highest BCUT2D eigenvalue weighted by Crippen LogP contribution is 2.23. The van der Waals surface area contributed by atoms with Crippen molar-refractivity contribution in [2.75, 3.05) is 0 Å². The summed E-state index contributed by atoms with van der Waals surface area (Å²) < 4.78 is 4.64. The van der Waals surface area contributed by atoms with Gasteiger partial charge in [-0.2, -0.15) is 0 Å². The Balaban J connectivity index is 3.23. The molecule has 1 aromatic carbocycles. The molecule has 84 valence electrons. The van der Waals surface area contributed by atoms with Crippen molar-refractivity contribution in [3.8, 4) is 5.75 Å². The van der Waals surface area contributed by atoms with Gasteiger partial charge in [-0.25, -0.2) is 0 Å². The monoisotopic (exact) mass is 243 g/mol. The van der Waals surface area contributed by atoms with Gasteiger partial charge in [0.1, 0.15) is 5.75 Å². The van der Waals surface area contributed by atoms with Gasteiger partial charge in [0.2, 0.25) is 0 Å². The SMILES string of the molecule is CC(=O)Oc1cc(C(=O)Cl)cc([N+](=O)[O-])c1. The summed E-state index contributed by atoms with van der Waals surface area (Å²) in [7, 11) is 0. The van der Waals surface area contributed by atoms with E-state index < -0.39 is 16.1 Å². The quantitative estimate of drug-likeness (QED) is 0.266. The van der Waals surface area contributed by atoms with Gasteiger partial charge in [-0.05, 0) is 17.7 Å². The van der Waals surface area contributed by atoms with Crippen molar-refractivity contribution in [2.45, 2.75) is 6.92 Å². The summed E-state index contributed by atoms with van der Waals surface area (Å²) in [5, 5.41) is 9.66. The summed E-state index contributed by atoms with van der Waals surface area (Å²) >= 11 is 5.19. The van der Waals surface area contributed by atoms with Gasteiger partial charge in [-0.15, -0.1) is 0 Å². The Hall–Kier alpha value is -1.95. The first kappa shape index (κ1) is 12.1. The molecule has 0 atom stereocenters. The van der Waals surface area contributed by atoms with Crippen LogP contribution in [0.1, 0.15) is 17.3 Å². The third kappa shape index (κ3) is 3.03. The van der Waals surface area contributed by atoms with Crippen LogP contribution in [0.2, 0.25) is 0 Å². The molecule has 0 aliphatic heterocycles. The zero-order chi connectivity index (χ0) is 12.3. The van der Waals surface area contributed by atoms with Crippen molar-refractivity contribution in [3.05, 3.63) is 33.9 Å². The number of carbonyl (C=O) groups excluding carboxylic acids is 2. The lowest BCUT2D eigenvalue weighted by molar-refractivity contribution is -0.384. The minimum Gasteiger partial charge on any atom is -0.426 e. The van der Waals surface area contributed by atoms with Gasteiger partial charge in [0.15, 0.2) is 0 Å². The van der Waals surface area contributed by atoms with Crippen molar-refractivity contribution in [2.24, 2.45) is 0 Å². The van der Waals surface area contributed by atoms with E-state index >= 15 is 0 Å². The summed E-state index contributed by atoms with van der Waals surface area (Å²) in [6.45, 7) is 1.14. The van der Waals surface area contributed by atoms with Crippen molar-refractivity contribution in [1.82, 2.24) is 0 Å². The molecule has 0 fully saturated rings. The molecule has 0 N–H and O–H groups in total. The third-order valence-electron chi connectivity index (χ3n) is 1.59. The maximum atomic E-state index is 10.9. The van der Waals surface area contributed by atoms with Crippen LogP contribution < -0.4 is 4.74 Å². The molecule has 0 aliphatic carbocycles. The van der Waals surface area contributed by atoms with Gasteiger partial charge >= 0.3 is 5.97 Å². The molecule has 0 aliphatic rings. The van der Waals surface area contributed by atoms with E-state index in [4.69, 9.17) is 11.6 Å². The first-order chi connectivity index (χ1) is 7.40. The largest absolute Gasteiger partial charge is 0.426 e. The number of halogens is 1. The molecule has 0 spiro atoms. The molecular formula is C9H6ClNO5. The predicted octanol–water partition coefficient (Wildman–Crippen LogP) is 1.90. The minimum atomic E-state index is -0.864. The summed E-state index contributed by atoms with van der Waals surface area (Å²) in [6, 6.07) is 3.19. The molecule has 0 bridgehead atoms. The van der Waals surface area contributed by atoms with E-state index in [1.165, 1.54) is 0 Å².